The molecule has 0 aliphatic carbocycles. The van der Waals surface area contributed by atoms with Crippen LogP contribution in [0.5, 0.6) is 0 Å². The zero-order chi connectivity index (χ0) is 40.6. The van der Waals surface area contributed by atoms with Crippen LogP contribution in [0, 0.1) is 5.41 Å². The third-order valence-corrected chi connectivity index (χ3v) is 11.6. The van der Waals surface area contributed by atoms with E-state index >= 15 is 0 Å². The topological polar surface area (TPSA) is 163 Å². The predicted octanol–water partition coefficient (Wildman–Crippen LogP) is 5.37. The number of amides is 2. The molecule has 2 amide bonds. The van der Waals surface area contributed by atoms with E-state index < -0.39 is 41.3 Å². The summed E-state index contributed by atoms with van der Waals surface area (Å²) in [5, 5.41) is 22.5. The van der Waals surface area contributed by atoms with Crippen molar-refractivity contribution in [3.63, 3.8) is 0 Å². The van der Waals surface area contributed by atoms with Crippen molar-refractivity contribution in [3.8, 4) is 22.5 Å². The molecule has 3 aliphatic rings. The molecule has 3 atom stereocenters. The van der Waals surface area contributed by atoms with Gasteiger partial charge in [0.2, 0.25) is 0 Å². The maximum atomic E-state index is 14.1. The van der Waals surface area contributed by atoms with E-state index in [9.17, 15) is 19.5 Å². The highest BCUT2D eigenvalue weighted by molar-refractivity contribution is 7.10. The lowest BCUT2D eigenvalue weighted by Crippen LogP contribution is -2.60. The molecule has 0 unspecified atom stereocenters. The van der Waals surface area contributed by atoms with Crippen LogP contribution < -0.4 is 21.0 Å². The molecular formula is C42H56N8O6S. The van der Waals surface area contributed by atoms with Crippen LogP contribution in [-0.4, -0.2) is 99.6 Å². The molecule has 3 aliphatic heterocycles. The fourth-order valence-electron chi connectivity index (χ4n) is 8.04. The van der Waals surface area contributed by atoms with Crippen molar-refractivity contribution in [2.45, 2.75) is 104 Å². The molecular weight excluding hydrogens is 745 g/mol. The first-order chi connectivity index (χ1) is 27.1. The van der Waals surface area contributed by atoms with Gasteiger partial charge in [-0.3, -0.25) is 19.6 Å². The summed E-state index contributed by atoms with van der Waals surface area (Å²) in [5.41, 5.74) is 9.06. The average molecular weight is 801 g/mol. The molecule has 3 aromatic heterocycles. The Balaban J connectivity index is 1.37. The van der Waals surface area contributed by atoms with E-state index in [1.807, 2.05) is 11.6 Å². The molecule has 0 spiro atoms. The highest BCUT2D eigenvalue weighted by atomic mass is 32.1. The molecule has 0 saturated carbocycles. The average Bonchev–Trinajstić information content (AvgIpc) is 3.77. The van der Waals surface area contributed by atoms with Crippen molar-refractivity contribution in [3.05, 3.63) is 52.1 Å². The number of cyclic esters (lactones) is 1. The van der Waals surface area contributed by atoms with Gasteiger partial charge in [-0.2, -0.15) is 0 Å². The summed E-state index contributed by atoms with van der Waals surface area (Å²) in [6.07, 6.45) is 2.11. The first kappa shape index (κ1) is 40.6. The molecule has 57 heavy (non-hydrogen) atoms. The molecule has 1 aromatic carbocycles. The number of piperazine rings is 1. The smallest absolute Gasteiger partial charge is 0.408 e. The van der Waals surface area contributed by atoms with E-state index in [1.165, 1.54) is 16.3 Å². The zero-order valence-corrected chi connectivity index (χ0v) is 34.9. The summed E-state index contributed by atoms with van der Waals surface area (Å²) in [6, 6.07) is 6.80. The zero-order valence-electron chi connectivity index (χ0n) is 34.1. The van der Waals surface area contributed by atoms with Crippen molar-refractivity contribution in [2.24, 2.45) is 5.41 Å². The van der Waals surface area contributed by atoms with Crippen molar-refractivity contribution in [2.75, 3.05) is 44.2 Å². The highest BCUT2D eigenvalue weighted by Crippen LogP contribution is 2.42. The number of nitrogens with one attached hydrogen (secondary N) is 3. The Labute approximate surface area is 338 Å². The Kier molecular flexibility index (Phi) is 11.7. The summed E-state index contributed by atoms with van der Waals surface area (Å²) in [4.78, 5) is 53.0. The molecule has 2 saturated heterocycles. The maximum absolute atomic E-state index is 14.1. The van der Waals surface area contributed by atoms with E-state index in [0.29, 0.717) is 43.1 Å². The van der Waals surface area contributed by atoms with Gasteiger partial charge in [-0.1, -0.05) is 19.9 Å². The Morgan fingerprint density at radius 2 is 1.95 bits per heavy atom. The first-order valence-electron chi connectivity index (χ1n) is 20.1. The number of hydrazine groups is 1. The lowest BCUT2D eigenvalue weighted by atomic mass is 9.84. The number of alkyl carbamates (subject to hydrolysis) is 1. The van der Waals surface area contributed by atoms with Gasteiger partial charge >= 0.3 is 12.1 Å². The molecule has 4 aromatic rings. The van der Waals surface area contributed by atoms with Crippen LogP contribution in [0.1, 0.15) is 83.7 Å². The number of benzene rings is 1. The fourth-order valence-corrected chi connectivity index (χ4v) is 8.89. The maximum Gasteiger partial charge on any atom is 0.408 e. The number of anilines is 1. The highest BCUT2D eigenvalue weighted by Gasteiger charge is 2.36. The Hall–Kier alpha value is -4.57. The van der Waals surface area contributed by atoms with Gasteiger partial charge < -0.3 is 34.7 Å². The number of carbonyl (C=O) groups excluding carboxylic acids is 3. The van der Waals surface area contributed by atoms with Gasteiger partial charge in [-0.05, 0) is 77.6 Å². The molecule has 4 N–H and O–H groups in total. The minimum Gasteiger partial charge on any atom is -0.464 e. The number of aliphatic hydroxyl groups is 1. The Morgan fingerprint density at radius 3 is 2.67 bits per heavy atom. The summed E-state index contributed by atoms with van der Waals surface area (Å²) < 4.78 is 13.9. The van der Waals surface area contributed by atoms with Gasteiger partial charge in [0, 0.05) is 78.5 Å². The number of ether oxygens (including phenoxy) is 2. The summed E-state index contributed by atoms with van der Waals surface area (Å²) >= 11 is 1.42. The number of hydrogen-bond acceptors (Lipinski definition) is 12. The minimum absolute atomic E-state index is 0.132. The molecule has 6 heterocycles. The second-order valence-corrected chi connectivity index (χ2v) is 18.1. The SMILES string of the molecule is CCn1c(-c2cc(N3CCNCC3)cnc2[C@H](C)O)c2c3cc(ccc31)-c1csc(n1)C[C@H](NC(=O)OC(C)(C)C)C(=O)N1CCC[C@H](N1)C(=O)OCC(C)(C)C2. The van der Waals surface area contributed by atoms with Crippen LogP contribution in [0.2, 0.25) is 0 Å². The van der Waals surface area contributed by atoms with Crippen LogP contribution in [0.25, 0.3) is 33.4 Å². The Morgan fingerprint density at radius 1 is 1.18 bits per heavy atom. The lowest BCUT2D eigenvalue weighted by Gasteiger charge is -2.35. The fraction of sp³-hybridized carbons (Fsp3) is 0.548. The largest absolute Gasteiger partial charge is 0.464 e. The molecule has 306 valence electrons. The number of esters is 1. The van der Waals surface area contributed by atoms with Gasteiger partial charge in [-0.25, -0.2) is 15.2 Å². The number of rotatable bonds is 5. The van der Waals surface area contributed by atoms with E-state index in [2.05, 4.69) is 70.6 Å². The third-order valence-electron chi connectivity index (χ3n) is 10.7. The van der Waals surface area contributed by atoms with Gasteiger partial charge in [0.1, 0.15) is 17.7 Å². The number of aromatic nitrogens is 3. The van der Waals surface area contributed by atoms with Crippen LogP contribution in [0.15, 0.2) is 35.8 Å². The number of thiazole rings is 1. The molecule has 2 fully saturated rings. The normalized spacial score (nSPS) is 21.2. The van der Waals surface area contributed by atoms with E-state index in [0.717, 1.165) is 70.8 Å². The second kappa shape index (κ2) is 16.4. The van der Waals surface area contributed by atoms with Gasteiger partial charge in [-0.15, -0.1) is 11.3 Å². The summed E-state index contributed by atoms with van der Waals surface area (Å²) in [5.74, 6) is -0.825. The van der Waals surface area contributed by atoms with E-state index in [4.69, 9.17) is 19.4 Å². The number of aryl methyl sites for hydroxylation is 1. The number of carbonyl (C=O) groups is 3. The lowest BCUT2D eigenvalue weighted by molar-refractivity contribution is -0.155. The van der Waals surface area contributed by atoms with Crippen LogP contribution >= 0.6 is 11.3 Å². The molecule has 15 heteroatoms. The molecule has 0 radical (unpaired) electrons. The Bertz CT molecular complexity index is 2130. The number of hydrogen-bond donors (Lipinski definition) is 4. The summed E-state index contributed by atoms with van der Waals surface area (Å²) in [6.45, 7) is 18.0. The minimum atomic E-state index is -0.997. The van der Waals surface area contributed by atoms with Crippen LogP contribution in [0.3, 0.4) is 0 Å². The van der Waals surface area contributed by atoms with E-state index in [1.54, 1.807) is 27.7 Å². The van der Waals surface area contributed by atoms with Crippen LogP contribution in [0.4, 0.5) is 10.5 Å². The third kappa shape index (κ3) is 8.96. The van der Waals surface area contributed by atoms with Crippen molar-refractivity contribution in [1.82, 2.24) is 35.6 Å². The molecule has 14 nitrogen and oxygen atoms in total. The van der Waals surface area contributed by atoms with E-state index in [-0.39, 0.29) is 18.9 Å². The van der Waals surface area contributed by atoms with Crippen molar-refractivity contribution < 1.29 is 29.0 Å². The quantitative estimate of drug-likeness (QED) is 0.192. The molecule has 6 bridgehead atoms. The standard InChI is InChI=1S/C42H56N8O6S/c1-8-49-34-12-11-26-18-28(34)30(37(49)29-19-27(22-44-36(29)25(2)51)48-16-13-43-14-17-48)21-42(6,7)24-55-39(53)31-10-9-15-50(47-31)38(52)32(20-35-45-33(26)23-57-35)46-40(54)56-41(3,4)5/h11-12,18-19,22-23,25,31-32,43,47,51H,8-10,13-17,20-21,24H2,1-7H3,(H,46,54)/t25-,31-,32-/m0/s1. The predicted molar refractivity (Wildman–Crippen MR) is 221 cm³/mol. The number of fused-ring (bicyclic) bond motifs is 6. The first-order valence-corrected chi connectivity index (χ1v) is 21.0. The monoisotopic (exact) mass is 800 g/mol. The summed E-state index contributed by atoms with van der Waals surface area (Å²) in [7, 11) is 0. The number of pyridine rings is 1. The molecule has 7 rings (SSSR count). The number of nitrogens with zero attached hydrogens (tertiary/aromatic N) is 5. The second-order valence-electron chi connectivity index (χ2n) is 17.1. The van der Waals surface area contributed by atoms with Gasteiger partial charge in [0.05, 0.1) is 46.7 Å². The van der Waals surface area contributed by atoms with Crippen LogP contribution in [-0.2, 0) is 38.4 Å². The van der Waals surface area contributed by atoms with Gasteiger partial charge in [0.25, 0.3) is 5.91 Å². The van der Waals surface area contributed by atoms with Crippen molar-refractivity contribution >= 4 is 45.9 Å². The van der Waals surface area contributed by atoms with Gasteiger partial charge in [0.15, 0.2) is 0 Å². The van der Waals surface area contributed by atoms with Crippen molar-refractivity contribution in [1.29, 1.82) is 0 Å². The number of aliphatic hydroxyl groups excluding tert-OH is 1.